The van der Waals surface area contributed by atoms with Crippen LogP contribution in [-0.2, 0) is 9.59 Å². The monoisotopic (exact) mass is 272 g/mol. The van der Waals surface area contributed by atoms with Crippen molar-refractivity contribution < 1.29 is 19.8 Å². The molecule has 0 aromatic rings. The average molecular weight is 272 g/mol. The number of aliphatic carboxylic acids is 2. The summed E-state index contributed by atoms with van der Waals surface area (Å²) in [7, 11) is 0. The third-order valence-electron chi connectivity index (χ3n) is 3.60. The molecule has 0 radical (unpaired) electrons. The smallest absolute Gasteiger partial charge is 0.320 e. The van der Waals surface area contributed by atoms with Crippen LogP contribution in [0.25, 0.3) is 0 Å². The molecule has 2 aliphatic heterocycles. The van der Waals surface area contributed by atoms with Crippen molar-refractivity contribution in [1.82, 2.24) is 10.2 Å². The van der Waals surface area contributed by atoms with Gasteiger partial charge in [0.05, 0.1) is 0 Å². The summed E-state index contributed by atoms with van der Waals surface area (Å²) in [6, 6.07) is -0.136. The Balaban J connectivity index is 0.000000200. The van der Waals surface area contributed by atoms with Gasteiger partial charge in [-0.1, -0.05) is 0 Å². The number of likely N-dealkylation sites (tertiary alicyclic amines) is 1. The van der Waals surface area contributed by atoms with Crippen molar-refractivity contribution in [2.45, 2.75) is 57.7 Å². The average Bonchev–Trinajstić information content (AvgIpc) is 3.01. The molecule has 2 heterocycles. The summed E-state index contributed by atoms with van der Waals surface area (Å²) in [6.07, 6.45) is 3.62. The molecule has 2 aliphatic rings. The zero-order valence-electron chi connectivity index (χ0n) is 11.6. The van der Waals surface area contributed by atoms with E-state index < -0.39 is 11.9 Å². The predicted octanol–water partition coefficient (Wildman–Crippen LogP) is 0.767. The molecule has 0 amide bonds. The number of carbonyl (C=O) groups is 2. The molecule has 2 atom stereocenters. The third kappa shape index (κ3) is 4.80. The van der Waals surface area contributed by atoms with Gasteiger partial charge in [-0.05, 0) is 52.6 Å². The molecule has 19 heavy (non-hydrogen) atoms. The number of carboxylic acids is 2. The number of nitrogens with one attached hydrogen (secondary N) is 1. The van der Waals surface area contributed by atoms with Gasteiger partial charge in [-0.25, -0.2) is 0 Å². The zero-order valence-corrected chi connectivity index (χ0v) is 11.6. The SMILES string of the molecule is CC(C)N1CCC[C@H]1C(=O)O.O=C(O)[C@@H]1CCCN1. The molecule has 0 aliphatic carbocycles. The lowest BCUT2D eigenvalue weighted by molar-refractivity contribution is -0.142. The Morgan fingerprint density at radius 2 is 1.84 bits per heavy atom. The van der Waals surface area contributed by atoms with E-state index in [1.807, 2.05) is 18.7 Å². The quantitative estimate of drug-likeness (QED) is 0.703. The number of nitrogens with zero attached hydrogens (tertiary/aromatic N) is 1. The van der Waals surface area contributed by atoms with Crippen LogP contribution in [0, 0.1) is 0 Å². The van der Waals surface area contributed by atoms with Crippen LogP contribution < -0.4 is 5.32 Å². The van der Waals surface area contributed by atoms with E-state index >= 15 is 0 Å². The molecule has 6 nitrogen and oxygen atoms in total. The van der Waals surface area contributed by atoms with E-state index in [9.17, 15) is 9.59 Å². The highest BCUT2D eigenvalue weighted by molar-refractivity contribution is 5.74. The van der Waals surface area contributed by atoms with E-state index in [0.29, 0.717) is 6.04 Å². The number of hydrogen-bond acceptors (Lipinski definition) is 4. The first-order valence-corrected chi connectivity index (χ1v) is 6.88. The highest BCUT2D eigenvalue weighted by Crippen LogP contribution is 2.19. The van der Waals surface area contributed by atoms with Gasteiger partial charge < -0.3 is 15.5 Å². The van der Waals surface area contributed by atoms with Gasteiger partial charge in [0.1, 0.15) is 12.1 Å². The van der Waals surface area contributed by atoms with Crippen molar-refractivity contribution in [1.29, 1.82) is 0 Å². The second kappa shape index (κ2) is 7.45. The van der Waals surface area contributed by atoms with Crippen LogP contribution >= 0.6 is 0 Å². The van der Waals surface area contributed by atoms with Crippen molar-refractivity contribution in [3.05, 3.63) is 0 Å². The van der Waals surface area contributed by atoms with Gasteiger partial charge in [-0.15, -0.1) is 0 Å². The number of hydrogen-bond donors (Lipinski definition) is 3. The van der Waals surface area contributed by atoms with Crippen LogP contribution in [0.3, 0.4) is 0 Å². The minimum atomic E-state index is -0.720. The Hall–Kier alpha value is -1.14. The minimum absolute atomic E-state index is 0.227. The summed E-state index contributed by atoms with van der Waals surface area (Å²) in [5.41, 5.74) is 0. The molecule has 2 saturated heterocycles. The second-order valence-electron chi connectivity index (χ2n) is 5.32. The Labute approximate surface area is 113 Å². The summed E-state index contributed by atoms with van der Waals surface area (Å²) in [5, 5.41) is 20.0. The summed E-state index contributed by atoms with van der Waals surface area (Å²) in [4.78, 5) is 22.9. The van der Waals surface area contributed by atoms with Gasteiger partial charge >= 0.3 is 11.9 Å². The van der Waals surface area contributed by atoms with Crippen molar-refractivity contribution >= 4 is 11.9 Å². The van der Waals surface area contributed by atoms with E-state index in [1.165, 1.54) is 0 Å². The fraction of sp³-hybridized carbons (Fsp3) is 0.846. The first-order chi connectivity index (χ1) is 8.93. The van der Waals surface area contributed by atoms with Gasteiger partial charge in [-0.2, -0.15) is 0 Å². The van der Waals surface area contributed by atoms with E-state index in [1.54, 1.807) is 0 Å². The molecule has 2 fully saturated rings. The summed E-state index contributed by atoms with van der Waals surface area (Å²) < 4.78 is 0. The van der Waals surface area contributed by atoms with E-state index in [4.69, 9.17) is 10.2 Å². The van der Waals surface area contributed by atoms with Gasteiger partial charge in [0.15, 0.2) is 0 Å². The Morgan fingerprint density at radius 1 is 1.16 bits per heavy atom. The van der Waals surface area contributed by atoms with Gasteiger partial charge in [0, 0.05) is 6.04 Å². The highest BCUT2D eigenvalue weighted by atomic mass is 16.4. The predicted molar refractivity (Wildman–Crippen MR) is 71.2 cm³/mol. The van der Waals surface area contributed by atoms with E-state index in [-0.39, 0.29) is 12.1 Å². The standard InChI is InChI=1S/C8H15NO2.C5H9NO2/c1-6(2)9-5-3-4-7(9)8(10)11;7-5(8)4-2-1-3-6-4/h6-7H,3-5H2,1-2H3,(H,10,11);4,6H,1-3H2,(H,7,8)/t7-;4-/m00/s1. The van der Waals surface area contributed by atoms with Crippen LogP contribution in [0.2, 0.25) is 0 Å². The van der Waals surface area contributed by atoms with Crippen LogP contribution in [0.5, 0.6) is 0 Å². The first kappa shape index (κ1) is 15.9. The maximum atomic E-state index is 10.7. The second-order valence-corrected chi connectivity index (χ2v) is 5.32. The molecule has 0 aromatic carbocycles. The largest absolute Gasteiger partial charge is 0.480 e. The fourth-order valence-electron chi connectivity index (χ4n) is 2.57. The van der Waals surface area contributed by atoms with E-state index in [0.717, 1.165) is 38.8 Å². The van der Waals surface area contributed by atoms with E-state index in [2.05, 4.69) is 5.32 Å². The van der Waals surface area contributed by atoms with Gasteiger partial charge in [0.25, 0.3) is 0 Å². The highest BCUT2D eigenvalue weighted by Gasteiger charge is 2.31. The fourth-order valence-corrected chi connectivity index (χ4v) is 2.57. The molecule has 0 spiro atoms. The van der Waals surface area contributed by atoms with Gasteiger partial charge in [-0.3, -0.25) is 14.5 Å². The summed E-state index contributed by atoms with van der Waals surface area (Å²) in [5.74, 6) is -1.39. The summed E-state index contributed by atoms with van der Waals surface area (Å²) >= 11 is 0. The lowest BCUT2D eigenvalue weighted by atomic mass is 10.2. The Bertz CT molecular complexity index is 314. The lowest BCUT2D eigenvalue weighted by Gasteiger charge is -2.24. The maximum absolute atomic E-state index is 10.7. The normalized spacial score (nSPS) is 27.1. The van der Waals surface area contributed by atoms with Crippen LogP contribution in [0.4, 0.5) is 0 Å². The molecule has 0 saturated carbocycles. The van der Waals surface area contributed by atoms with Crippen LogP contribution in [0.1, 0.15) is 39.5 Å². The van der Waals surface area contributed by atoms with Crippen molar-refractivity contribution in [3.63, 3.8) is 0 Å². The molecule has 3 N–H and O–H groups in total. The molecule has 0 aromatic heterocycles. The van der Waals surface area contributed by atoms with Crippen molar-refractivity contribution in [3.8, 4) is 0 Å². The minimum Gasteiger partial charge on any atom is -0.480 e. The number of carboxylic acid groups (broad SMARTS) is 2. The van der Waals surface area contributed by atoms with Crippen molar-refractivity contribution in [2.75, 3.05) is 13.1 Å². The lowest BCUT2D eigenvalue weighted by Crippen LogP contribution is -2.40. The Kier molecular flexibility index (Phi) is 6.24. The van der Waals surface area contributed by atoms with Crippen LogP contribution in [-0.4, -0.2) is 58.3 Å². The molecular formula is C13H24N2O4. The molecule has 0 bridgehead atoms. The molecule has 2 rings (SSSR count). The third-order valence-corrected chi connectivity index (χ3v) is 3.60. The van der Waals surface area contributed by atoms with Crippen LogP contribution in [0.15, 0.2) is 0 Å². The molecule has 6 heteroatoms. The first-order valence-electron chi connectivity index (χ1n) is 6.88. The Morgan fingerprint density at radius 3 is 2.16 bits per heavy atom. The molecule has 0 unspecified atom stereocenters. The molecule has 110 valence electrons. The maximum Gasteiger partial charge on any atom is 0.320 e. The summed E-state index contributed by atoms with van der Waals surface area (Å²) in [6.45, 7) is 5.88. The molecular weight excluding hydrogens is 248 g/mol. The zero-order chi connectivity index (χ0) is 14.4. The topological polar surface area (TPSA) is 89.9 Å². The number of rotatable bonds is 3. The van der Waals surface area contributed by atoms with Crippen molar-refractivity contribution in [2.24, 2.45) is 0 Å². The van der Waals surface area contributed by atoms with Gasteiger partial charge in [0.2, 0.25) is 0 Å².